The van der Waals surface area contributed by atoms with Crippen molar-refractivity contribution in [2.45, 2.75) is 0 Å². The number of piperazine rings is 1. The number of hydrogen-bond acceptors (Lipinski definition) is 4. The van der Waals surface area contributed by atoms with E-state index in [1.807, 2.05) is 42.6 Å². The number of amides is 1. The molecule has 2 aliphatic rings. The van der Waals surface area contributed by atoms with E-state index in [1.54, 1.807) is 7.11 Å². The molecule has 1 N–H and O–H groups in total. The number of para-hydroxylation sites is 1. The van der Waals surface area contributed by atoms with Gasteiger partial charge in [0.15, 0.2) is 0 Å². The molecule has 5 heteroatoms. The summed E-state index contributed by atoms with van der Waals surface area (Å²) >= 11 is 0. The van der Waals surface area contributed by atoms with Crippen molar-refractivity contribution in [2.24, 2.45) is 0 Å². The lowest BCUT2D eigenvalue weighted by Crippen LogP contribution is -2.44. The molecule has 2 aliphatic heterocycles. The van der Waals surface area contributed by atoms with E-state index < -0.39 is 0 Å². The fourth-order valence-electron chi connectivity index (χ4n) is 3.35. The summed E-state index contributed by atoms with van der Waals surface area (Å²) in [7, 11) is 1.68. The molecule has 1 fully saturated rings. The second-order valence-electron chi connectivity index (χ2n) is 6.26. The highest BCUT2D eigenvalue weighted by molar-refractivity contribution is 6.31. The Kier molecular flexibility index (Phi) is 4.06. The highest BCUT2D eigenvalue weighted by Crippen LogP contribution is 2.31. The van der Waals surface area contributed by atoms with Gasteiger partial charge in [0, 0.05) is 49.3 Å². The number of hydrogen-bond donors (Lipinski definition) is 1. The maximum absolute atomic E-state index is 12.2. The van der Waals surface area contributed by atoms with E-state index in [1.165, 1.54) is 5.69 Å². The van der Waals surface area contributed by atoms with E-state index in [2.05, 4.69) is 27.2 Å². The third-order valence-corrected chi connectivity index (χ3v) is 4.77. The minimum Gasteiger partial charge on any atom is -0.497 e. The lowest BCUT2D eigenvalue weighted by molar-refractivity contribution is -0.110. The Morgan fingerprint density at radius 1 is 1.00 bits per heavy atom. The zero-order valence-corrected chi connectivity index (χ0v) is 14.2. The van der Waals surface area contributed by atoms with Crippen LogP contribution in [0.15, 0.2) is 54.7 Å². The van der Waals surface area contributed by atoms with Gasteiger partial charge in [-0.15, -0.1) is 0 Å². The molecule has 0 radical (unpaired) electrons. The van der Waals surface area contributed by atoms with Gasteiger partial charge < -0.3 is 19.9 Å². The first-order valence-electron chi connectivity index (χ1n) is 8.50. The Labute approximate surface area is 147 Å². The van der Waals surface area contributed by atoms with Gasteiger partial charge in [-0.3, -0.25) is 4.79 Å². The second-order valence-corrected chi connectivity index (χ2v) is 6.26. The number of anilines is 2. The SMILES string of the molecule is COc1ccc(N2CCN(/C=C3/C(=O)Nc4ccccc43)CC2)cc1. The summed E-state index contributed by atoms with van der Waals surface area (Å²) in [6, 6.07) is 16.0. The monoisotopic (exact) mass is 335 g/mol. The summed E-state index contributed by atoms with van der Waals surface area (Å²) in [5, 5.41) is 2.93. The van der Waals surface area contributed by atoms with E-state index in [0.29, 0.717) is 0 Å². The first-order valence-corrected chi connectivity index (χ1v) is 8.50. The summed E-state index contributed by atoms with van der Waals surface area (Å²) in [4.78, 5) is 16.8. The van der Waals surface area contributed by atoms with Crippen molar-refractivity contribution in [2.75, 3.05) is 43.5 Å². The zero-order chi connectivity index (χ0) is 17.2. The van der Waals surface area contributed by atoms with E-state index in [0.717, 1.165) is 48.8 Å². The van der Waals surface area contributed by atoms with Gasteiger partial charge in [-0.1, -0.05) is 18.2 Å². The Morgan fingerprint density at radius 3 is 2.44 bits per heavy atom. The molecule has 1 saturated heterocycles. The molecule has 0 aliphatic carbocycles. The zero-order valence-electron chi connectivity index (χ0n) is 14.2. The summed E-state index contributed by atoms with van der Waals surface area (Å²) in [5.74, 6) is 0.858. The van der Waals surface area contributed by atoms with Crippen LogP contribution in [0.5, 0.6) is 5.75 Å². The van der Waals surface area contributed by atoms with Crippen LogP contribution in [-0.2, 0) is 4.79 Å². The predicted molar refractivity (Wildman–Crippen MR) is 99.8 cm³/mol. The molecule has 1 amide bonds. The average Bonchev–Trinajstić information content (AvgIpc) is 2.98. The minimum atomic E-state index is -0.0150. The van der Waals surface area contributed by atoms with Crippen molar-refractivity contribution >= 4 is 22.9 Å². The third kappa shape index (κ3) is 3.05. The van der Waals surface area contributed by atoms with Crippen molar-refractivity contribution in [1.29, 1.82) is 0 Å². The van der Waals surface area contributed by atoms with Crippen LogP contribution in [-0.4, -0.2) is 44.1 Å². The smallest absolute Gasteiger partial charge is 0.257 e. The molecule has 5 nitrogen and oxygen atoms in total. The maximum atomic E-state index is 12.2. The molecule has 2 aromatic carbocycles. The molecule has 0 unspecified atom stereocenters. The van der Waals surface area contributed by atoms with E-state index in [4.69, 9.17) is 4.74 Å². The number of carbonyl (C=O) groups excluding carboxylic acids is 1. The molecular weight excluding hydrogens is 314 g/mol. The molecule has 128 valence electrons. The Morgan fingerprint density at radius 2 is 1.72 bits per heavy atom. The quantitative estimate of drug-likeness (QED) is 0.876. The first-order chi connectivity index (χ1) is 12.2. The molecule has 2 heterocycles. The molecule has 0 atom stereocenters. The van der Waals surface area contributed by atoms with Gasteiger partial charge in [0.05, 0.1) is 12.7 Å². The summed E-state index contributed by atoms with van der Waals surface area (Å²) in [6.45, 7) is 3.65. The van der Waals surface area contributed by atoms with E-state index >= 15 is 0 Å². The van der Waals surface area contributed by atoms with Gasteiger partial charge >= 0.3 is 0 Å². The van der Waals surface area contributed by atoms with Crippen LogP contribution >= 0.6 is 0 Å². The normalized spacial score (nSPS) is 18.3. The molecule has 0 aromatic heterocycles. The number of ether oxygens (including phenoxy) is 1. The number of carbonyl (C=O) groups is 1. The number of benzene rings is 2. The molecule has 25 heavy (non-hydrogen) atoms. The third-order valence-electron chi connectivity index (χ3n) is 4.77. The maximum Gasteiger partial charge on any atom is 0.257 e. The minimum absolute atomic E-state index is 0.0150. The lowest BCUT2D eigenvalue weighted by atomic mass is 10.1. The molecule has 4 rings (SSSR count). The van der Waals surface area contributed by atoms with Crippen LogP contribution in [0, 0.1) is 0 Å². The van der Waals surface area contributed by atoms with Crippen molar-refractivity contribution < 1.29 is 9.53 Å². The molecule has 0 spiro atoms. The standard InChI is InChI=1S/C20H21N3O2/c1-25-16-8-6-15(7-9-16)23-12-10-22(11-13-23)14-18-17-4-2-3-5-19(17)21-20(18)24/h2-9,14H,10-13H2,1H3,(H,21,24)/b18-14+. The van der Waals surface area contributed by atoms with Gasteiger partial charge in [-0.2, -0.15) is 0 Å². The van der Waals surface area contributed by atoms with Gasteiger partial charge in [0.2, 0.25) is 0 Å². The summed E-state index contributed by atoms with van der Waals surface area (Å²) in [6.07, 6.45) is 2.01. The Balaban J connectivity index is 1.44. The molecular formula is C20H21N3O2. The number of nitrogens with zero attached hydrogens (tertiary/aromatic N) is 2. The Hall–Kier alpha value is -2.95. The number of fused-ring (bicyclic) bond motifs is 1. The van der Waals surface area contributed by atoms with Crippen LogP contribution in [0.4, 0.5) is 11.4 Å². The first kappa shape index (κ1) is 15.6. The fraction of sp³-hybridized carbons (Fsp3) is 0.250. The highest BCUT2D eigenvalue weighted by Gasteiger charge is 2.25. The van der Waals surface area contributed by atoms with Gasteiger partial charge in [-0.25, -0.2) is 0 Å². The fourth-order valence-corrected chi connectivity index (χ4v) is 3.35. The van der Waals surface area contributed by atoms with Crippen molar-refractivity contribution in [3.8, 4) is 5.75 Å². The predicted octanol–water partition coefficient (Wildman–Crippen LogP) is 2.81. The highest BCUT2D eigenvalue weighted by atomic mass is 16.5. The van der Waals surface area contributed by atoms with Crippen LogP contribution < -0.4 is 15.0 Å². The number of methoxy groups -OCH3 is 1. The molecule has 2 aromatic rings. The number of nitrogens with one attached hydrogen (secondary N) is 1. The van der Waals surface area contributed by atoms with E-state index in [9.17, 15) is 4.79 Å². The Bertz CT molecular complexity index is 806. The lowest BCUT2D eigenvalue weighted by Gasteiger charge is -2.35. The van der Waals surface area contributed by atoms with Crippen LogP contribution in [0.3, 0.4) is 0 Å². The second kappa shape index (κ2) is 6.51. The van der Waals surface area contributed by atoms with Crippen LogP contribution in [0.25, 0.3) is 5.57 Å². The average molecular weight is 335 g/mol. The summed E-state index contributed by atoms with van der Waals surface area (Å²) in [5.41, 5.74) is 3.85. The van der Waals surface area contributed by atoms with Crippen LogP contribution in [0.1, 0.15) is 5.56 Å². The van der Waals surface area contributed by atoms with Crippen LogP contribution in [0.2, 0.25) is 0 Å². The topological polar surface area (TPSA) is 44.8 Å². The molecule has 0 saturated carbocycles. The molecule has 0 bridgehead atoms. The van der Waals surface area contributed by atoms with E-state index in [-0.39, 0.29) is 5.91 Å². The summed E-state index contributed by atoms with van der Waals surface area (Å²) < 4.78 is 5.21. The van der Waals surface area contributed by atoms with Crippen molar-refractivity contribution in [3.63, 3.8) is 0 Å². The van der Waals surface area contributed by atoms with Gasteiger partial charge in [0.25, 0.3) is 5.91 Å². The van der Waals surface area contributed by atoms with Crippen molar-refractivity contribution in [1.82, 2.24) is 4.90 Å². The van der Waals surface area contributed by atoms with Crippen molar-refractivity contribution in [3.05, 3.63) is 60.3 Å². The largest absolute Gasteiger partial charge is 0.497 e. The van der Waals surface area contributed by atoms with Gasteiger partial charge in [-0.05, 0) is 30.3 Å². The van der Waals surface area contributed by atoms with Gasteiger partial charge in [0.1, 0.15) is 5.75 Å². The number of rotatable bonds is 3.